The number of carbonyl (C=O) groups is 1. The summed E-state index contributed by atoms with van der Waals surface area (Å²) in [6.07, 6.45) is 0.426. The minimum Gasteiger partial charge on any atom is -0.309 e. The van der Waals surface area contributed by atoms with Gasteiger partial charge in [-0.05, 0) is 32.6 Å². The number of Topliss-reactive ketones (excluding diaryl/α,β-unsaturated/α-hetero) is 1. The van der Waals surface area contributed by atoms with Crippen LogP contribution in [-0.2, 0) is 0 Å². The van der Waals surface area contributed by atoms with Gasteiger partial charge in [-0.15, -0.1) is 0 Å². The topological polar surface area (TPSA) is 20.3 Å². The zero-order valence-corrected chi connectivity index (χ0v) is 9.38. The van der Waals surface area contributed by atoms with Crippen LogP contribution in [0.3, 0.4) is 0 Å². The Kier molecular flexibility index (Phi) is 3.97. The summed E-state index contributed by atoms with van der Waals surface area (Å²) in [6, 6.07) is 4.63. The number of carbonyl (C=O) groups excluding carboxylic acids is 1. The minimum atomic E-state index is -0.314. The molecule has 0 atom stereocenters. The first-order valence-corrected chi connectivity index (χ1v) is 4.95. The first kappa shape index (κ1) is 11.9. The van der Waals surface area contributed by atoms with E-state index in [-0.39, 0.29) is 11.6 Å². The van der Waals surface area contributed by atoms with E-state index in [1.54, 1.807) is 19.1 Å². The van der Waals surface area contributed by atoms with Crippen molar-refractivity contribution in [2.45, 2.75) is 13.3 Å². The molecular formula is C12H16FNO. The maximum absolute atomic E-state index is 13.2. The molecule has 0 radical (unpaired) electrons. The number of rotatable bonds is 4. The molecular weight excluding hydrogens is 193 g/mol. The Morgan fingerprint density at radius 1 is 1.40 bits per heavy atom. The Bertz CT molecular complexity index is 361. The second-order valence-corrected chi connectivity index (χ2v) is 3.94. The monoisotopic (exact) mass is 209 g/mol. The molecule has 15 heavy (non-hydrogen) atoms. The van der Waals surface area contributed by atoms with Gasteiger partial charge in [-0.1, -0.05) is 12.1 Å². The Hall–Kier alpha value is -1.22. The summed E-state index contributed by atoms with van der Waals surface area (Å²) in [5.74, 6) is -0.326. The molecule has 1 aromatic rings. The fraction of sp³-hybridized carbons (Fsp3) is 0.417. The van der Waals surface area contributed by atoms with Gasteiger partial charge in [0, 0.05) is 18.5 Å². The number of ketones is 1. The fourth-order valence-electron chi connectivity index (χ4n) is 1.24. The zero-order valence-electron chi connectivity index (χ0n) is 9.38. The molecule has 1 aromatic carbocycles. The predicted octanol–water partition coefficient (Wildman–Crippen LogP) is 2.27. The van der Waals surface area contributed by atoms with Crippen LogP contribution < -0.4 is 0 Å². The molecule has 0 N–H and O–H groups in total. The van der Waals surface area contributed by atoms with Crippen molar-refractivity contribution in [3.63, 3.8) is 0 Å². The third-order valence-electron chi connectivity index (χ3n) is 2.28. The summed E-state index contributed by atoms with van der Waals surface area (Å²) in [5, 5.41) is 0. The average Bonchev–Trinajstić information content (AvgIpc) is 2.18. The highest BCUT2D eigenvalue weighted by atomic mass is 19.1. The highest BCUT2D eigenvalue weighted by Gasteiger charge is 2.08. The van der Waals surface area contributed by atoms with E-state index < -0.39 is 0 Å². The summed E-state index contributed by atoms with van der Waals surface area (Å²) >= 11 is 0. The van der Waals surface area contributed by atoms with Gasteiger partial charge in [-0.25, -0.2) is 4.39 Å². The highest BCUT2D eigenvalue weighted by molar-refractivity contribution is 5.96. The van der Waals surface area contributed by atoms with Crippen LogP contribution in [0.25, 0.3) is 0 Å². The first-order valence-electron chi connectivity index (χ1n) is 4.95. The molecule has 3 heteroatoms. The molecule has 0 spiro atoms. The van der Waals surface area contributed by atoms with E-state index in [1.807, 2.05) is 19.0 Å². The lowest BCUT2D eigenvalue weighted by Gasteiger charge is -2.08. The molecule has 0 aromatic heterocycles. The summed E-state index contributed by atoms with van der Waals surface area (Å²) < 4.78 is 13.2. The van der Waals surface area contributed by atoms with Gasteiger partial charge < -0.3 is 4.90 Å². The van der Waals surface area contributed by atoms with E-state index in [9.17, 15) is 9.18 Å². The van der Waals surface area contributed by atoms with Gasteiger partial charge in [0.1, 0.15) is 5.82 Å². The number of nitrogens with zero attached hydrogens (tertiary/aromatic N) is 1. The maximum Gasteiger partial charge on any atom is 0.164 e. The van der Waals surface area contributed by atoms with Crippen LogP contribution in [-0.4, -0.2) is 31.3 Å². The van der Waals surface area contributed by atoms with Crippen molar-refractivity contribution in [3.05, 3.63) is 35.1 Å². The molecule has 0 saturated carbocycles. The summed E-state index contributed by atoms with van der Waals surface area (Å²) in [7, 11) is 3.81. The lowest BCUT2D eigenvalue weighted by molar-refractivity contribution is 0.0972. The van der Waals surface area contributed by atoms with Gasteiger partial charge in [0.25, 0.3) is 0 Å². The standard InChI is InChI=1S/C12H16FNO/c1-9-4-5-10(8-11(9)13)12(15)6-7-14(2)3/h4-5,8H,6-7H2,1-3H3. The van der Waals surface area contributed by atoms with Crippen LogP contribution in [0, 0.1) is 12.7 Å². The number of benzene rings is 1. The SMILES string of the molecule is Cc1ccc(C(=O)CCN(C)C)cc1F. The van der Waals surface area contributed by atoms with Gasteiger partial charge in [-0.3, -0.25) is 4.79 Å². The van der Waals surface area contributed by atoms with Crippen molar-refractivity contribution in [1.82, 2.24) is 4.90 Å². The van der Waals surface area contributed by atoms with Crippen molar-refractivity contribution < 1.29 is 9.18 Å². The smallest absolute Gasteiger partial charge is 0.164 e. The summed E-state index contributed by atoms with van der Waals surface area (Å²) in [4.78, 5) is 13.6. The average molecular weight is 209 g/mol. The van der Waals surface area contributed by atoms with Crippen LogP contribution in [0.1, 0.15) is 22.3 Å². The normalized spacial score (nSPS) is 10.7. The van der Waals surface area contributed by atoms with Crippen LogP contribution in [0.4, 0.5) is 4.39 Å². The van der Waals surface area contributed by atoms with Crippen molar-refractivity contribution >= 4 is 5.78 Å². The molecule has 0 aliphatic carbocycles. The van der Waals surface area contributed by atoms with E-state index in [4.69, 9.17) is 0 Å². The Balaban J connectivity index is 2.70. The molecule has 0 aliphatic rings. The van der Waals surface area contributed by atoms with Crippen molar-refractivity contribution in [2.24, 2.45) is 0 Å². The molecule has 0 unspecified atom stereocenters. The van der Waals surface area contributed by atoms with E-state index in [1.165, 1.54) is 6.07 Å². The molecule has 0 bridgehead atoms. The molecule has 82 valence electrons. The third kappa shape index (κ3) is 3.44. The Labute approximate surface area is 89.7 Å². The lowest BCUT2D eigenvalue weighted by atomic mass is 10.1. The first-order chi connectivity index (χ1) is 7.00. The second kappa shape index (κ2) is 5.03. The zero-order chi connectivity index (χ0) is 11.4. The quantitative estimate of drug-likeness (QED) is 0.709. The van der Waals surface area contributed by atoms with Crippen molar-refractivity contribution in [2.75, 3.05) is 20.6 Å². The van der Waals surface area contributed by atoms with Gasteiger partial charge in [0.2, 0.25) is 0 Å². The minimum absolute atomic E-state index is 0.0115. The fourth-order valence-corrected chi connectivity index (χ4v) is 1.24. The van der Waals surface area contributed by atoms with Gasteiger partial charge in [0.05, 0.1) is 0 Å². The van der Waals surface area contributed by atoms with Gasteiger partial charge in [0.15, 0.2) is 5.78 Å². The largest absolute Gasteiger partial charge is 0.309 e. The molecule has 0 heterocycles. The third-order valence-corrected chi connectivity index (χ3v) is 2.28. The van der Waals surface area contributed by atoms with E-state index >= 15 is 0 Å². The van der Waals surface area contributed by atoms with Crippen LogP contribution >= 0.6 is 0 Å². The maximum atomic E-state index is 13.2. The predicted molar refractivity (Wildman–Crippen MR) is 58.6 cm³/mol. The summed E-state index contributed by atoms with van der Waals surface area (Å²) in [6.45, 7) is 2.37. The molecule has 0 amide bonds. The van der Waals surface area contributed by atoms with Gasteiger partial charge in [-0.2, -0.15) is 0 Å². The molecule has 0 saturated heterocycles. The molecule has 0 aliphatic heterocycles. The van der Waals surface area contributed by atoms with Crippen molar-refractivity contribution in [3.8, 4) is 0 Å². The van der Waals surface area contributed by atoms with Crippen LogP contribution in [0.15, 0.2) is 18.2 Å². The van der Waals surface area contributed by atoms with E-state index in [0.29, 0.717) is 24.1 Å². The lowest BCUT2D eigenvalue weighted by Crippen LogP contribution is -2.16. The van der Waals surface area contributed by atoms with Crippen LogP contribution in [0.2, 0.25) is 0 Å². The van der Waals surface area contributed by atoms with Crippen LogP contribution in [0.5, 0.6) is 0 Å². The Morgan fingerprint density at radius 3 is 2.60 bits per heavy atom. The molecule has 1 rings (SSSR count). The van der Waals surface area contributed by atoms with Crippen molar-refractivity contribution in [1.29, 1.82) is 0 Å². The second-order valence-electron chi connectivity index (χ2n) is 3.94. The number of hydrogen-bond acceptors (Lipinski definition) is 2. The number of aryl methyl sites for hydroxylation is 1. The van der Waals surface area contributed by atoms with E-state index in [2.05, 4.69) is 0 Å². The molecule has 0 fully saturated rings. The highest BCUT2D eigenvalue weighted by Crippen LogP contribution is 2.11. The summed E-state index contributed by atoms with van der Waals surface area (Å²) in [5.41, 5.74) is 1.03. The van der Waals surface area contributed by atoms with E-state index in [0.717, 1.165) is 0 Å². The number of hydrogen-bond donors (Lipinski definition) is 0. The number of halogens is 1. The Morgan fingerprint density at radius 2 is 2.07 bits per heavy atom. The van der Waals surface area contributed by atoms with Gasteiger partial charge >= 0.3 is 0 Å². The molecule has 2 nitrogen and oxygen atoms in total.